The van der Waals surface area contributed by atoms with E-state index in [9.17, 15) is 12.9 Å². The van der Waals surface area contributed by atoms with Gasteiger partial charge >= 0.3 is 58.4 Å². The van der Waals surface area contributed by atoms with Crippen LogP contribution in [-0.4, -0.2) is 12.7 Å². The molecule has 0 aliphatic carbocycles. The molecule has 1 aromatic rings. The van der Waals surface area contributed by atoms with Gasteiger partial charge in [0.15, 0.2) is 0 Å². The van der Waals surface area contributed by atoms with Crippen molar-refractivity contribution in [1.29, 1.82) is 0 Å². The van der Waals surface area contributed by atoms with Crippen molar-refractivity contribution in [3.05, 3.63) is 46.9 Å². The molecule has 94 valence electrons. The van der Waals surface area contributed by atoms with E-state index in [1.54, 1.807) is 0 Å². The summed E-state index contributed by atoms with van der Waals surface area (Å²) >= 11 is 1.25. The van der Waals surface area contributed by atoms with E-state index >= 15 is 0 Å². The molecule has 6 heteroatoms. The largest absolute Gasteiger partial charge is 1.00 e. The standard InChI is InChI=1S/C12H15BF3S.K/c1-9-4-10(2)6-12(5-9)8-17-7-11(3)13(14,15)16;/h4-6H,3,7-8H2,1-2H3;/q-1;+1. The fourth-order valence-corrected chi connectivity index (χ4v) is 2.50. The fourth-order valence-electron chi connectivity index (χ4n) is 1.55. The van der Waals surface area contributed by atoms with Gasteiger partial charge in [0.25, 0.3) is 0 Å². The summed E-state index contributed by atoms with van der Waals surface area (Å²) in [4.78, 5) is 0. The zero-order chi connectivity index (χ0) is 13.1. The Labute approximate surface area is 153 Å². The molecule has 0 fully saturated rings. The summed E-state index contributed by atoms with van der Waals surface area (Å²) < 4.78 is 36.8. The predicted octanol–water partition coefficient (Wildman–Crippen LogP) is 1.48. The Hall–Kier alpha value is 0.801. The van der Waals surface area contributed by atoms with Crippen LogP contribution in [-0.2, 0) is 5.75 Å². The maximum Gasteiger partial charge on any atom is 1.00 e. The molecule has 0 unspecified atom stereocenters. The van der Waals surface area contributed by atoms with Gasteiger partial charge in [-0.3, -0.25) is 0 Å². The van der Waals surface area contributed by atoms with E-state index in [1.165, 1.54) is 11.8 Å². The summed E-state index contributed by atoms with van der Waals surface area (Å²) in [5, 5.41) is 0. The summed E-state index contributed by atoms with van der Waals surface area (Å²) in [5.41, 5.74) is 2.73. The number of benzene rings is 1. The third kappa shape index (κ3) is 6.82. The molecule has 0 heterocycles. The van der Waals surface area contributed by atoms with E-state index in [4.69, 9.17) is 0 Å². The van der Waals surface area contributed by atoms with Gasteiger partial charge in [0.2, 0.25) is 0 Å². The van der Waals surface area contributed by atoms with Crippen molar-refractivity contribution < 1.29 is 64.3 Å². The fraction of sp³-hybridized carbons (Fsp3) is 0.333. The van der Waals surface area contributed by atoms with Crippen LogP contribution in [0.5, 0.6) is 0 Å². The van der Waals surface area contributed by atoms with Gasteiger partial charge in [-0.2, -0.15) is 11.8 Å². The van der Waals surface area contributed by atoms with Gasteiger partial charge in [-0.1, -0.05) is 29.3 Å². The van der Waals surface area contributed by atoms with Crippen LogP contribution < -0.4 is 51.4 Å². The topological polar surface area (TPSA) is 0 Å². The van der Waals surface area contributed by atoms with Crippen LogP contribution in [0.3, 0.4) is 0 Å². The summed E-state index contributed by atoms with van der Waals surface area (Å²) in [7, 11) is 0. The number of halogens is 3. The molecule has 0 bridgehead atoms. The molecule has 0 nitrogen and oxygen atoms in total. The van der Waals surface area contributed by atoms with Crippen LogP contribution >= 0.6 is 11.8 Å². The molecule has 0 amide bonds. The molecule has 0 aliphatic rings. The molecule has 0 spiro atoms. The normalized spacial score (nSPS) is 10.9. The van der Waals surface area contributed by atoms with Gasteiger partial charge in [-0.15, -0.1) is 12.1 Å². The van der Waals surface area contributed by atoms with Gasteiger partial charge in [0.1, 0.15) is 0 Å². The van der Waals surface area contributed by atoms with E-state index in [0.717, 1.165) is 16.7 Å². The molecule has 0 atom stereocenters. The Kier molecular flexibility index (Phi) is 8.53. The first-order valence-corrected chi connectivity index (χ1v) is 6.47. The average Bonchev–Trinajstić information content (AvgIpc) is 2.14. The van der Waals surface area contributed by atoms with E-state index in [0.29, 0.717) is 5.75 Å². The monoisotopic (exact) mass is 298 g/mol. The van der Waals surface area contributed by atoms with Crippen molar-refractivity contribution in [3.63, 3.8) is 0 Å². The van der Waals surface area contributed by atoms with Crippen LogP contribution in [0.1, 0.15) is 16.7 Å². The van der Waals surface area contributed by atoms with Gasteiger partial charge in [0, 0.05) is 5.75 Å². The zero-order valence-electron chi connectivity index (χ0n) is 11.0. The van der Waals surface area contributed by atoms with Crippen molar-refractivity contribution in [2.24, 2.45) is 0 Å². The van der Waals surface area contributed by atoms with Crippen LogP contribution in [0.4, 0.5) is 12.9 Å². The Balaban J connectivity index is 0.00000289. The van der Waals surface area contributed by atoms with Gasteiger partial charge in [-0.25, -0.2) is 0 Å². The molecule has 18 heavy (non-hydrogen) atoms. The number of hydrogen-bond donors (Lipinski definition) is 0. The number of rotatable bonds is 5. The molecule has 0 radical (unpaired) electrons. The summed E-state index contributed by atoms with van der Waals surface area (Å²) in [6, 6.07) is 6.05. The first-order chi connectivity index (χ1) is 7.79. The molecule has 0 N–H and O–H groups in total. The second kappa shape index (κ2) is 8.17. The maximum absolute atomic E-state index is 12.3. The van der Waals surface area contributed by atoms with Crippen molar-refractivity contribution in [2.75, 3.05) is 5.75 Å². The Morgan fingerprint density at radius 1 is 1.17 bits per heavy atom. The number of aryl methyl sites for hydroxylation is 2. The van der Waals surface area contributed by atoms with E-state index in [1.807, 2.05) is 32.0 Å². The van der Waals surface area contributed by atoms with Crippen molar-refractivity contribution >= 4 is 18.7 Å². The van der Waals surface area contributed by atoms with Crippen molar-refractivity contribution in [3.8, 4) is 0 Å². The van der Waals surface area contributed by atoms with Crippen LogP contribution in [0.2, 0.25) is 0 Å². The molecular weight excluding hydrogens is 283 g/mol. The van der Waals surface area contributed by atoms with E-state index < -0.39 is 12.4 Å². The van der Waals surface area contributed by atoms with Crippen LogP contribution in [0.25, 0.3) is 0 Å². The smallest absolute Gasteiger partial charge is 0.445 e. The zero-order valence-corrected chi connectivity index (χ0v) is 14.9. The molecule has 0 aromatic heterocycles. The van der Waals surface area contributed by atoms with E-state index in [-0.39, 0.29) is 57.1 Å². The maximum atomic E-state index is 12.3. The first kappa shape index (κ1) is 18.8. The molecule has 1 rings (SSSR count). The van der Waals surface area contributed by atoms with Crippen molar-refractivity contribution in [1.82, 2.24) is 0 Å². The quantitative estimate of drug-likeness (QED) is 0.742. The summed E-state index contributed by atoms with van der Waals surface area (Å²) in [6.45, 7) is 2.16. The molecule has 1 aromatic carbocycles. The third-order valence-electron chi connectivity index (χ3n) is 2.30. The Bertz CT molecular complexity index is 398. The van der Waals surface area contributed by atoms with E-state index in [2.05, 4.69) is 6.58 Å². The molecule has 0 saturated carbocycles. The minimum absolute atomic E-state index is 0. The van der Waals surface area contributed by atoms with Crippen molar-refractivity contribution in [2.45, 2.75) is 19.6 Å². The minimum Gasteiger partial charge on any atom is -0.445 e. The van der Waals surface area contributed by atoms with Crippen LogP contribution in [0.15, 0.2) is 30.3 Å². The molecular formula is C12H15BF3KS. The second-order valence-corrected chi connectivity index (χ2v) is 5.21. The SMILES string of the molecule is C=C(CSCc1cc(C)cc(C)c1)[B-](F)(F)F.[K+]. The summed E-state index contributed by atoms with van der Waals surface area (Å²) in [5.74, 6) is 0.546. The van der Waals surface area contributed by atoms with Gasteiger partial charge in [-0.05, 0) is 25.2 Å². The summed E-state index contributed by atoms with van der Waals surface area (Å²) in [6.07, 6.45) is 0. The van der Waals surface area contributed by atoms with Gasteiger partial charge < -0.3 is 12.9 Å². The average molecular weight is 298 g/mol. The Morgan fingerprint density at radius 3 is 2.11 bits per heavy atom. The Morgan fingerprint density at radius 2 is 1.67 bits per heavy atom. The molecule has 0 saturated heterocycles. The van der Waals surface area contributed by atoms with Gasteiger partial charge in [0.05, 0.1) is 0 Å². The second-order valence-electron chi connectivity index (χ2n) is 4.22. The van der Waals surface area contributed by atoms with Crippen LogP contribution in [0, 0.1) is 13.8 Å². The first-order valence-electron chi connectivity index (χ1n) is 5.31. The molecule has 0 aliphatic heterocycles. The third-order valence-corrected chi connectivity index (χ3v) is 3.41. The minimum atomic E-state index is -4.88. The number of thioether (sulfide) groups is 1. The predicted molar refractivity (Wildman–Crippen MR) is 70.3 cm³/mol. The number of hydrogen-bond acceptors (Lipinski definition) is 1.